The maximum Gasteiger partial charge on any atom is 0.308 e. The smallest absolute Gasteiger partial charge is 0.308 e. The summed E-state index contributed by atoms with van der Waals surface area (Å²) in [7, 11) is 0. The molecule has 7 nitrogen and oxygen atoms in total. The van der Waals surface area contributed by atoms with Crippen LogP contribution in [0.25, 0.3) is 0 Å². The van der Waals surface area contributed by atoms with Crippen molar-refractivity contribution in [3.8, 4) is 0 Å². The Hall–Kier alpha value is -2.67. The van der Waals surface area contributed by atoms with Crippen LogP contribution in [-0.2, 0) is 17.8 Å². The van der Waals surface area contributed by atoms with Crippen molar-refractivity contribution in [1.29, 1.82) is 0 Å². The van der Waals surface area contributed by atoms with Gasteiger partial charge >= 0.3 is 5.97 Å². The van der Waals surface area contributed by atoms with E-state index >= 15 is 0 Å². The van der Waals surface area contributed by atoms with Gasteiger partial charge in [-0.2, -0.15) is 4.98 Å². The number of nitrogens with one attached hydrogen (secondary N) is 1. The number of hydrogen-bond acceptors (Lipinski definition) is 6. The van der Waals surface area contributed by atoms with Gasteiger partial charge in [-0.3, -0.25) is 9.69 Å². The lowest BCUT2D eigenvalue weighted by Gasteiger charge is -2.35. The minimum Gasteiger partial charge on any atom is -0.481 e. The highest BCUT2D eigenvalue weighted by Crippen LogP contribution is 2.19. The van der Waals surface area contributed by atoms with Gasteiger partial charge in [-0.25, -0.2) is 4.98 Å². The molecule has 0 unspecified atom stereocenters. The lowest BCUT2D eigenvalue weighted by atomic mass is 10.2. The molecule has 0 spiro atoms. The van der Waals surface area contributed by atoms with Gasteiger partial charge in [0.15, 0.2) is 0 Å². The summed E-state index contributed by atoms with van der Waals surface area (Å²) in [6.45, 7) is 7.23. The molecule has 0 aliphatic carbocycles. The van der Waals surface area contributed by atoms with Gasteiger partial charge in [-0.1, -0.05) is 30.3 Å². The van der Waals surface area contributed by atoms with E-state index in [0.717, 1.165) is 32.7 Å². The molecule has 1 saturated heterocycles. The van der Waals surface area contributed by atoms with Crippen molar-refractivity contribution in [3.63, 3.8) is 0 Å². The monoisotopic (exact) mass is 355 g/mol. The van der Waals surface area contributed by atoms with Crippen molar-refractivity contribution < 1.29 is 9.90 Å². The number of benzene rings is 1. The summed E-state index contributed by atoms with van der Waals surface area (Å²) in [5.74, 6) is 0.399. The summed E-state index contributed by atoms with van der Waals surface area (Å²) in [6.07, 6.45) is 1.55. The Balaban J connectivity index is 1.63. The molecule has 2 aromatic rings. The van der Waals surface area contributed by atoms with Crippen molar-refractivity contribution in [2.45, 2.75) is 19.9 Å². The van der Waals surface area contributed by atoms with Crippen LogP contribution in [-0.4, -0.2) is 58.7 Å². The van der Waals surface area contributed by atoms with Gasteiger partial charge in [0, 0.05) is 51.0 Å². The SMILES string of the molecule is CCNc1nc(N2CCN(Cc3ccccc3)CC2)ncc1CC(=O)O. The number of rotatable bonds is 7. The van der Waals surface area contributed by atoms with Crippen molar-refractivity contribution in [2.24, 2.45) is 0 Å². The van der Waals surface area contributed by atoms with Crippen LogP contribution in [0.2, 0.25) is 0 Å². The molecule has 1 aliphatic rings. The maximum atomic E-state index is 11.0. The fourth-order valence-electron chi connectivity index (χ4n) is 3.11. The van der Waals surface area contributed by atoms with Gasteiger partial charge in [0.2, 0.25) is 5.95 Å². The van der Waals surface area contributed by atoms with Crippen molar-refractivity contribution in [2.75, 3.05) is 42.9 Å². The summed E-state index contributed by atoms with van der Waals surface area (Å²) in [5, 5.41) is 12.2. The van der Waals surface area contributed by atoms with E-state index in [0.29, 0.717) is 23.9 Å². The number of carboxylic acids is 1. The number of aliphatic carboxylic acids is 1. The summed E-state index contributed by atoms with van der Waals surface area (Å²) < 4.78 is 0. The topological polar surface area (TPSA) is 81.6 Å². The first kappa shape index (κ1) is 18.1. The highest BCUT2D eigenvalue weighted by atomic mass is 16.4. The van der Waals surface area contributed by atoms with Crippen LogP contribution in [0, 0.1) is 0 Å². The van der Waals surface area contributed by atoms with Crippen LogP contribution < -0.4 is 10.2 Å². The maximum absolute atomic E-state index is 11.0. The fourth-order valence-corrected chi connectivity index (χ4v) is 3.11. The normalized spacial score (nSPS) is 15.0. The minimum atomic E-state index is -0.880. The predicted molar refractivity (Wildman–Crippen MR) is 101 cm³/mol. The molecule has 26 heavy (non-hydrogen) atoms. The fraction of sp³-hybridized carbons (Fsp3) is 0.421. The second-order valence-electron chi connectivity index (χ2n) is 6.39. The van der Waals surface area contributed by atoms with E-state index in [1.54, 1.807) is 6.20 Å². The number of carbonyl (C=O) groups is 1. The summed E-state index contributed by atoms with van der Waals surface area (Å²) in [5.41, 5.74) is 1.94. The molecule has 1 aromatic carbocycles. The zero-order valence-electron chi connectivity index (χ0n) is 15.1. The average molecular weight is 355 g/mol. The first-order chi connectivity index (χ1) is 12.7. The quantitative estimate of drug-likeness (QED) is 0.784. The van der Waals surface area contributed by atoms with Gasteiger partial charge in [-0.05, 0) is 12.5 Å². The Labute approximate surface area is 153 Å². The highest BCUT2D eigenvalue weighted by Gasteiger charge is 2.20. The average Bonchev–Trinajstić information content (AvgIpc) is 2.64. The number of hydrogen-bond donors (Lipinski definition) is 2. The van der Waals surface area contributed by atoms with Crippen molar-refractivity contribution >= 4 is 17.7 Å². The Morgan fingerprint density at radius 3 is 2.58 bits per heavy atom. The van der Waals surface area contributed by atoms with Crippen LogP contribution in [0.5, 0.6) is 0 Å². The zero-order chi connectivity index (χ0) is 18.4. The Morgan fingerprint density at radius 2 is 1.92 bits per heavy atom. The molecule has 0 atom stereocenters. The molecule has 0 saturated carbocycles. The third kappa shape index (κ3) is 4.70. The van der Waals surface area contributed by atoms with Crippen LogP contribution in [0.4, 0.5) is 11.8 Å². The first-order valence-electron chi connectivity index (χ1n) is 8.98. The molecule has 2 heterocycles. The number of anilines is 2. The summed E-state index contributed by atoms with van der Waals surface area (Å²) >= 11 is 0. The molecule has 7 heteroatoms. The number of aromatic nitrogens is 2. The molecular formula is C19H25N5O2. The lowest BCUT2D eigenvalue weighted by molar-refractivity contribution is -0.136. The molecule has 0 radical (unpaired) electrons. The van der Waals surface area contributed by atoms with Crippen LogP contribution in [0.3, 0.4) is 0 Å². The Morgan fingerprint density at radius 1 is 1.19 bits per heavy atom. The first-order valence-corrected chi connectivity index (χ1v) is 8.98. The second-order valence-corrected chi connectivity index (χ2v) is 6.39. The molecule has 1 aliphatic heterocycles. The van der Waals surface area contributed by atoms with Crippen LogP contribution in [0.1, 0.15) is 18.1 Å². The molecular weight excluding hydrogens is 330 g/mol. The molecule has 0 bridgehead atoms. The largest absolute Gasteiger partial charge is 0.481 e. The molecule has 3 rings (SSSR count). The molecule has 0 amide bonds. The molecule has 1 aromatic heterocycles. The van der Waals surface area contributed by atoms with Gasteiger partial charge < -0.3 is 15.3 Å². The predicted octanol–water partition coefficient (Wildman–Crippen LogP) is 1.86. The number of carboxylic acid groups (broad SMARTS) is 1. The van der Waals surface area contributed by atoms with Gasteiger partial charge in [-0.15, -0.1) is 0 Å². The van der Waals surface area contributed by atoms with E-state index in [1.807, 2.05) is 13.0 Å². The van der Waals surface area contributed by atoms with E-state index in [4.69, 9.17) is 5.11 Å². The van der Waals surface area contributed by atoms with Crippen LogP contribution >= 0.6 is 0 Å². The second kappa shape index (κ2) is 8.62. The molecule has 138 valence electrons. The van der Waals surface area contributed by atoms with Crippen molar-refractivity contribution in [1.82, 2.24) is 14.9 Å². The zero-order valence-corrected chi connectivity index (χ0v) is 15.1. The standard InChI is InChI=1S/C19H25N5O2/c1-2-20-18-16(12-17(25)26)13-21-19(22-18)24-10-8-23(9-11-24)14-15-6-4-3-5-7-15/h3-7,13H,2,8-12,14H2,1H3,(H,25,26)(H,20,21,22). The van der Waals surface area contributed by atoms with E-state index in [1.165, 1.54) is 5.56 Å². The lowest BCUT2D eigenvalue weighted by Crippen LogP contribution is -2.46. The van der Waals surface area contributed by atoms with Gasteiger partial charge in [0.25, 0.3) is 0 Å². The number of nitrogens with zero attached hydrogens (tertiary/aromatic N) is 4. The summed E-state index contributed by atoms with van der Waals surface area (Å²) in [6, 6.07) is 10.5. The van der Waals surface area contributed by atoms with E-state index in [9.17, 15) is 4.79 Å². The van der Waals surface area contributed by atoms with Gasteiger partial charge in [0.05, 0.1) is 6.42 Å². The van der Waals surface area contributed by atoms with E-state index < -0.39 is 5.97 Å². The molecule has 1 fully saturated rings. The highest BCUT2D eigenvalue weighted by molar-refractivity contribution is 5.72. The van der Waals surface area contributed by atoms with Crippen LogP contribution in [0.15, 0.2) is 36.5 Å². The van der Waals surface area contributed by atoms with Gasteiger partial charge in [0.1, 0.15) is 5.82 Å². The van der Waals surface area contributed by atoms with Crippen molar-refractivity contribution in [3.05, 3.63) is 47.7 Å². The number of piperazine rings is 1. The third-order valence-corrected chi connectivity index (χ3v) is 4.44. The summed E-state index contributed by atoms with van der Waals surface area (Å²) in [4.78, 5) is 24.6. The minimum absolute atomic E-state index is 0.0759. The Kier molecular flexibility index (Phi) is 6.01. The third-order valence-electron chi connectivity index (χ3n) is 4.44. The van der Waals surface area contributed by atoms with E-state index in [2.05, 4.69) is 49.4 Å². The van der Waals surface area contributed by atoms with E-state index in [-0.39, 0.29) is 6.42 Å². The Bertz CT molecular complexity index is 730. The molecule has 2 N–H and O–H groups in total.